The van der Waals surface area contributed by atoms with E-state index in [9.17, 15) is 14.9 Å². The third-order valence-electron chi connectivity index (χ3n) is 2.96. The SMILES string of the molecule is O=C(OCc1coc(-c2cccs2)n1)c1ccccc1[N+](=O)[O-]. The summed E-state index contributed by atoms with van der Waals surface area (Å²) in [7, 11) is 0. The van der Waals surface area contributed by atoms with Gasteiger partial charge in [0.05, 0.1) is 9.80 Å². The van der Waals surface area contributed by atoms with Crippen LogP contribution in [0, 0.1) is 10.1 Å². The summed E-state index contributed by atoms with van der Waals surface area (Å²) < 4.78 is 10.4. The molecular formula is C15H10N2O5S. The fourth-order valence-corrected chi connectivity index (χ4v) is 2.56. The van der Waals surface area contributed by atoms with Gasteiger partial charge < -0.3 is 9.15 Å². The molecule has 0 aliphatic carbocycles. The first-order valence-corrected chi connectivity index (χ1v) is 7.42. The Balaban J connectivity index is 1.69. The van der Waals surface area contributed by atoms with E-state index < -0.39 is 10.9 Å². The molecule has 0 aliphatic rings. The number of nitrogens with zero attached hydrogens (tertiary/aromatic N) is 2. The van der Waals surface area contributed by atoms with Crippen molar-refractivity contribution in [2.75, 3.05) is 0 Å². The first-order chi connectivity index (χ1) is 11.1. The van der Waals surface area contributed by atoms with Crippen LogP contribution in [0.2, 0.25) is 0 Å². The summed E-state index contributed by atoms with van der Waals surface area (Å²) in [5.74, 6) is -0.338. The number of ether oxygens (including phenoxy) is 1. The van der Waals surface area contributed by atoms with Crippen LogP contribution < -0.4 is 0 Å². The Morgan fingerprint density at radius 3 is 2.87 bits per heavy atom. The largest absolute Gasteiger partial charge is 0.455 e. The van der Waals surface area contributed by atoms with E-state index in [2.05, 4.69) is 4.98 Å². The maximum Gasteiger partial charge on any atom is 0.345 e. The quantitative estimate of drug-likeness (QED) is 0.402. The van der Waals surface area contributed by atoms with Gasteiger partial charge in [0.25, 0.3) is 5.69 Å². The minimum Gasteiger partial charge on any atom is -0.455 e. The first kappa shape index (κ1) is 14.9. The number of oxazole rings is 1. The summed E-state index contributed by atoms with van der Waals surface area (Å²) in [6.45, 7) is -0.125. The molecule has 0 amide bonds. The van der Waals surface area contributed by atoms with Crippen LogP contribution in [-0.4, -0.2) is 15.9 Å². The molecule has 0 saturated carbocycles. The van der Waals surface area contributed by atoms with Gasteiger partial charge in [0, 0.05) is 6.07 Å². The number of nitro groups is 1. The van der Waals surface area contributed by atoms with Crippen molar-refractivity contribution < 1.29 is 18.9 Å². The van der Waals surface area contributed by atoms with E-state index in [0.717, 1.165) is 4.88 Å². The van der Waals surface area contributed by atoms with Crippen LogP contribution in [0.4, 0.5) is 5.69 Å². The number of para-hydroxylation sites is 1. The Morgan fingerprint density at radius 1 is 1.30 bits per heavy atom. The number of hydrogen-bond acceptors (Lipinski definition) is 7. The molecule has 0 radical (unpaired) electrons. The molecule has 0 fully saturated rings. The maximum absolute atomic E-state index is 12.0. The number of benzene rings is 1. The highest BCUT2D eigenvalue weighted by atomic mass is 32.1. The van der Waals surface area contributed by atoms with E-state index in [1.807, 2.05) is 17.5 Å². The van der Waals surface area contributed by atoms with Crippen LogP contribution in [0.3, 0.4) is 0 Å². The molecule has 23 heavy (non-hydrogen) atoms. The molecule has 0 spiro atoms. The zero-order valence-electron chi connectivity index (χ0n) is 11.7. The number of esters is 1. The minimum absolute atomic E-state index is 0.0977. The summed E-state index contributed by atoms with van der Waals surface area (Å²) in [4.78, 5) is 27.3. The fraction of sp³-hybridized carbons (Fsp3) is 0.0667. The molecule has 7 nitrogen and oxygen atoms in total. The summed E-state index contributed by atoms with van der Waals surface area (Å²) in [6, 6.07) is 9.36. The molecule has 116 valence electrons. The predicted molar refractivity (Wildman–Crippen MR) is 82.0 cm³/mol. The minimum atomic E-state index is -0.780. The zero-order chi connectivity index (χ0) is 16.2. The van der Waals surface area contributed by atoms with Crippen molar-refractivity contribution in [3.05, 3.63) is 69.4 Å². The highest BCUT2D eigenvalue weighted by Crippen LogP contribution is 2.24. The van der Waals surface area contributed by atoms with Gasteiger partial charge in [0.15, 0.2) is 0 Å². The molecule has 0 aliphatic heterocycles. The van der Waals surface area contributed by atoms with Gasteiger partial charge in [-0.25, -0.2) is 9.78 Å². The van der Waals surface area contributed by atoms with Gasteiger partial charge >= 0.3 is 5.97 Å². The Morgan fingerprint density at radius 2 is 2.13 bits per heavy atom. The smallest absolute Gasteiger partial charge is 0.345 e. The van der Waals surface area contributed by atoms with E-state index >= 15 is 0 Å². The molecule has 1 aromatic carbocycles. The van der Waals surface area contributed by atoms with Crippen molar-refractivity contribution in [3.63, 3.8) is 0 Å². The molecule has 2 aromatic heterocycles. The fourth-order valence-electron chi connectivity index (χ4n) is 1.91. The lowest BCUT2D eigenvalue weighted by atomic mass is 10.2. The summed E-state index contributed by atoms with van der Waals surface area (Å²) in [5.41, 5.74) is 0.0386. The van der Waals surface area contributed by atoms with E-state index in [1.54, 1.807) is 0 Å². The van der Waals surface area contributed by atoms with Crippen LogP contribution in [0.5, 0.6) is 0 Å². The summed E-state index contributed by atoms with van der Waals surface area (Å²) in [6.07, 6.45) is 1.39. The van der Waals surface area contributed by atoms with Crippen LogP contribution in [-0.2, 0) is 11.3 Å². The monoisotopic (exact) mass is 330 g/mol. The Hall–Kier alpha value is -3.00. The third kappa shape index (κ3) is 3.27. The number of hydrogen-bond donors (Lipinski definition) is 0. The Labute approximate surface area is 134 Å². The van der Waals surface area contributed by atoms with Crippen LogP contribution >= 0.6 is 11.3 Å². The van der Waals surface area contributed by atoms with E-state index in [1.165, 1.54) is 41.9 Å². The second-order valence-electron chi connectivity index (χ2n) is 4.47. The number of aromatic nitrogens is 1. The maximum atomic E-state index is 12.0. The van der Waals surface area contributed by atoms with E-state index in [-0.39, 0.29) is 17.9 Å². The normalized spacial score (nSPS) is 10.4. The van der Waals surface area contributed by atoms with Gasteiger partial charge in [-0.1, -0.05) is 18.2 Å². The molecule has 3 aromatic rings. The van der Waals surface area contributed by atoms with Crippen molar-refractivity contribution in [2.45, 2.75) is 6.61 Å². The number of nitro benzene ring substituents is 1. The van der Waals surface area contributed by atoms with Gasteiger partial charge in [-0.05, 0) is 17.5 Å². The highest BCUT2D eigenvalue weighted by molar-refractivity contribution is 7.13. The second-order valence-corrected chi connectivity index (χ2v) is 5.42. The van der Waals surface area contributed by atoms with Crippen molar-refractivity contribution in [1.82, 2.24) is 4.98 Å². The van der Waals surface area contributed by atoms with Crippen LogP contribution in [0.15, 0.2) is 52.5 Å². The highest BCUT2D eigenvalue weighted by Gasteiger charge is 2.21. The molecule has 0 saturated heterocycles. The number of thiophene rings is 1. The molecule has 0 N–H and O–H groups in total. The number of carbonyl (C=O) groups is 1. The predicted octanol–water partition coefficient (Wildman–Crippen LogP) is 3.67. The van der Waals surface area contributed by atoms with E-state index in [0.29, 0.717) is 11.6 Å². The second kappa shape index (κ2) is 6.41. The Bertz CT molecular complexity index is 841. The zero-order valence-corrected chi connectivity index (χ0v) is 12.5. The van der Waals surface area contributed by atoms with Crippen molar-refractivity contribution in [2.24, 2.45) is 0 Å². The van der Waals surface area contributed by atoms with Crippen LogP contribution in [0.25, 0.3) is 10.8 Å². The summed E-state index contributed by atoms with van der Waals surface area (Å²) in [5, 5.41) is 12.8. The van der Waals surface area contributed by atoms with Gasteiger partial charge in [-0.2, -0.15) is 0 Å². The lowest BCUT2D eigenvalue weighted by molar-refractivity contribution is -0.385. The summed E-state index contributed by atoms with van der Waals surface area (Å²) >= 11 is 1.48. The van der Waals surface area contributed by atoms with Gasteiger partial charge in [-0.3, -0.25) is 10.1 Å². The third-order valence-corrected chi connectivity index (χ3v) is 3.81. The molecule has 2 heterocycles. The van der Waals surface area contributed by atoms with Crippen molar-refractivity contribution in [3.8, 4) is 10.8 Å². The Kier molecular flexibility index (Phi) is 4.15. The van der Waals surface area contributed by atoms with Crippen molar-refractivity contribution in [1.29, 1.82) is 0 Å². The molecule has 0 bridgehead atoms. The molecule has 0 atom stereocenters. The lowest BCUT2D eigenvalue weighted by Crippen LogP contribution is -2.08. The van der Waals surface area contributed by atoms with Gasteiger partial charge in [0.2, 0.25) is 5.89 Å². The average molecular weight is 330 g/mol. The van der Waals surface area contributed by atoms with Crippen molar-refractivity contribution >= 4 is 23.0 Å². The van der Waals surface area contributed by atoms with Gasteiger partial charge in [0.1, 0.15) is 24.1 Å². The molecule has 3 rings (SSSR count). The molecule has 8 heteroatoms. The first-order valence-electron chi connectivity index (χ1n) is 6.54. The van der Waals surface area contributed by atoms with Crippen LogP contribution in [0.1, 0.15) is 16.1 Å². The topological polar surface area (TPSA) is 95.5 Å². The molecule has 0 unspecified atom stereocenters. The molecular weight excluding hydrogens is 320 g/mol. The average Bonchev–Trinajstić information content (AvgIpc) is 3.23. The lowest BCUT2D eigenvalue weighted by Gasteiger charge is -2.03. The van der Waals surface area contributed by atoms with E-state index in [4.69, 9.17) is 9.15 Å². The number of rotatable bonds is 5. The number of carbonyl (C=O) groups excluding carboxylic acids is 1. The standard InChI is InChI=1S/C15H10N2O5S/c18-15(11-4-1-2-5-12(11)17(19)20)22-9-10-8-21-14(16-10)13-6-3-7-23-13/h1-8H,9H2. The van der Waals surface area contributed by atoms with Gasteiger partial charge in [-0.15, -0.1) is 11.3 Å².